The molecule has 1 unspecified atom stereocenters. The minimum atomic E-state index is -1.80. The molecule has 1 atom stereocenters. The van der Waals surface area contributed by atoms with Gasteiger partial charge in [0.05, 0.1) is 13.2 Å². The molecule has 0 heterocycles. The van der Waals surface area contributed by atoms with E-state index in [0.717, 1.165) is 12.8 Å². The molecule has 0 aliphatic heterocycles. The van der Waals surface area contributed by atoms with Gasteiger partial charge >= 0.3 is 5.97 Å². The van der Waals surface area contributed by atoms with Gasteiger partial charge < -0.3 is 14.6 Å². The van der Waals surface area contributed by atoms with Crippen molar-refractivity contribution in [1.82, 2.24) is 0 Å². The molecule has 0 aliphatic carbocycles. The Morgan fingerprint density at radius 2 is 2.08 bits per heavy atom. The van der Waals surface area contributed by atoms with Crippen molar-refractivity contribution >= 4 is 5.97 Å². The van der Waals surface area contributed by atoms with Crippen molar-refractivity contribution in [1.29, 1.82) is 0 Å². The molecule has 0 rings (SSSR count). The molecule has 0 aromatic heterocycles. The lowest BCUT2D eigenvalue weighted by atomic mass is 10.3. The molecule has 0 spiro atoms. The third kappa shape index (κ3) is 4.85. The first-order valence-corrected chi connectivity index (χ1v) is 4.58. The van der Waals surface area contributed by atoms with Gasteiger partial charge in [0.2, 0.25) is 0 Å². The fraction of sp³-hybridized carbons (Fsp3) is 0.889. The first kappa shape index (κ1) is 12.4. The summed E-state index contributed by atoms with van der Waals surface area (Å²) in [4.78, 5) is 11.1. The molecule has 1 N–H and O–H groups in total. The predicted molar refractivity (Wildman–Crippen MR) is 48.1 cm³/mol. The first-order valence-electron chi connectivity index (χ1n) is 4.58. The smallest absolute Gasteiger partial charge is 0.366 e. The third-order valence-electron chi connectivity index (χ3n) is 1.54. The summed E-state index contributed by atoms with van der Waals surface area (Å²) in [5.41, 5.74) is 0. The van der Waals surface area contributed by atoms with Crippen LogP contribution in [0.2, 0.25) is 0 Å². The van der Waals surface area contributed by atoms with Gasteiger partial charge in [0.25, 0.3) is 5.79 Å². The Hall–Kier alpha value is -0.610. The highest BCUT2D eigenvalue weighted by atomic mass is 16.7. The second-order valence-corrected chi connectivity index (χ2v) is 2.91. The Balaban J connectivity index is 3.83. The fourth-order valence-electron chi connectivity index (χ4n) is 0.739. The van der Waals surface area contributed by atoms with E-state index in [1.165, 1.54) is 6.92 Å². The molecule has 13 heavy (non-hydrogen) atoms. The van der Waals surface area contributed by atoms with E-state index in [4.69, 9.17) is 4.74 Å². The van der Waals surface area contributed by atoms with Crippen molar-refractivity contribution in [2.75, 3.05) is 13.2 Å². The van der Waals surface area contributed by atoms with Gasteiger partial charge in [-0.3, -0.25) is 0 Å². The lowest BCUT2D eigenvalue weighted by Gasteiger charge is -2.20. The Bertz CT molecular complexity index is 154. The van der Waals surface area contributed by atoms with Gasteiger partial charge in [0, 0.05) is 6.92 Å². The summed E-state index contributed by atoms with van der Waals surface area (Å²) >= 11 is 0. The van der Waals surface area contributed by atoms with Crippen LogP contribution in [0, 0.1) is 0 Å². The highest BCUT2D eigenvalue weighted by Crippen LogP contribution is 2.09. The lowest BCUT2D eigenvalue weighted by Crippen LogP contribution is -2.40. The number of aliphatic hydroxyl groups is 1. The standard InChI is InChI=1S/C9H18O4/c1-4-6-7-13-9(3,11)8(10)12-5-2/h11H,4-7H2,1-3H3. The maximum atomic E-state index is 11.1. The molecule has 0 amide bonds. The minimum Gasteiger partial charge on any atom is -0.462 e. The molecule has 0 saturated carbocycles. The normalized spacial score (nSPS) is 15.1. The van der Waals surface area contributed by atoms with Crippen molar-refractivity contribution in [3.63, 3.8) is 0 Å². The molecule has 0 saturated heterocycles. The van der Waals surface area contributed by atoms with E-state index in [1.54, 1.807) is 6.92 Å². The van der Waals surface area contributed by atoms with E-state index in [-0.39, 0.29) is 6.61 Å². The zero-order valence-corrected chi connectivity index (χ0v) is 8.50. The van der Waals surface area contributed by atoms with Crippen LogP contribution in [0.3, 0.4) is 0 Å². The van der Waals surface area contributed by atoms with E-state index < -0.39 is 11.8 Å². The van der Waals surface area contributed by atoms with Crippen molar-refractivity contribution in [2.45, 2.75) is 39.4 Å². The summed E-state index contributed by atoms with van der Waals surface area (Å²) in [6.07, 6.45) is 1.77. The van der Waals surface area contributed by atoms with Crippen LogP contribution in [-0.2, 0) is 14.3 Å². The number of hydrogen-bond donors (Lipinski definition) is 1. The van der Waals surface area contributed by atoms with Crippen LogP contribution in [0.5, 0.6) is 0 Å². The highest BCUT2D eigenvalue weighted by molar-refractivity contribution is 5.76. The van der Waals surface area contributed by atoms with Crippen LogP contribution in [0.1, 0.15) is 33.6 Å². The van der Waals surface area contributed by atoms with Gasteiger partial charge in [-0.05, 0) is 13.3 Å². The zero-order chi connectivity index (χ0) is 10.3. The second kappa shape index (κ2) is 5.94. The summed E-state index contributed by atoms with van der Waals surface area (Å²) in [7, 11) is 0. The molecular formula is C9H18O4. The first-order chi connectivity index (χ1) is 6.04. The molecule has 0 fully saturated rings. The van der Waals surface area contributed by atoms with Crippen LogP contribution < -0.4 is 0 Å². The average Bonchev–Trinajstić information content (AvgIpc) is 2.05. The van der Waals surface area contributed by atoms with Crippen molar-refractivity contribution in [3.05, 3.63) is 0 Å². The summed E-state index contributed by atoms with van der Waals surface area (Å²) in [6.45, 7) is 5.58. The average molecular weight is 190 g/mol. The summed E-state index contributed by atoms with van der Waals surface area (Å²) in [5.74, 6) is -2.53. The summed E-state index contributed by atoms with van der Waals surface area (Å²) in [5, 5.41) is 9.44. The number of carbonyl (C=O) groups excluding carboxylic acids is 1. The topological polar surface area (TPSA) is 55.8 Å². The van der Waals surface area contributed by atoms with E-state index in [2.05, 4.69) is 4.74 Å². The van der Waals surface area contributed by atoms with Gasteiger partial charge in [-0.25, -0.2) is 4.79 Å². The molecular weight excluding hydrogens is 172 g/mol. The quantitative estimate of drug-likeness (QED) is 0.387. The Kier molecular flexibility index (Phi) is 5.66. The van der Waals surface area contributed by atoms with Gasteiger partial charge in [-0.15, -0.1) is 0 Å². The molecule has 0 bridgehead atoms. The van der Waals surface area contributed by atoms with Crippen LogP contribution in [-0.4, -0.2) is 30.1 Å². The fourth-order valence-corrected chi connectivity index (χ4v) is 0.739. The SMILES string of the molecule is CCCCOC(C)(O)C(=O)OCC. The van der Waals surface area contributed by atoms with Gasteiger partial charge in [-0.1, -0.05) is 13.3 Å². The van der Waals surface area contributed by atoms with E-state index >= 15 is 0 Å². The summed E-state index contributed by atoms with van der Waals surface area (Å²) < 4.78 is 9.59. The highest BCUT2D eigenvalue weighted by Gasteiger charge is 2.32. The van der Waals surface area contributed by atoms with Crippen LogP contribution in [0.25, 0.3) is 0 Å². The van der Waals surface area contributed by atoms with E-state index in [1.807, 2.05) is 6.92 Å². The molecule has 78 valence electrons. The molecule has 0 aromatic rings. The Morgan fingerprint density at radius 3 is 2.54 bits per heavy atom. The maximum absolute atomic E-state index is 11.1. The van der Waals surface area contributed by atoms with Gasteiger partial charge in [0.1, 0.15) is 0 Å². The van der Waals surface area contributed by atoms with Crippen molar-refractivity contribution < 1.29 is 19.4 Å². The predicted octanol–water partition coefficient (Wildman–Crippen LogP) is 1.07. The molecule has 4 nitrogen and oxygen atoms in total. The number of unbranched alkanes of at least 4 members (excludes halogenated alkanes) is 1. The van der Waals surface area contributed by atoms with Crippen LogP contribution in [0.15, 0.2) is 0 Å². The molecule has 0 radical (unpaired) electrons. The number of rotatable bonds is 6. The second-order valence-electron chi connectivity index (χ2n) is 2.91. The monoisotopic (exact) mass is 190 g/mol. The number of carbonyl (C=O) groups is 1. The van der Waals surface area contributed by atoms with Gasteiger partial charge in [0.15, 0.2) is 0 Å². The molecule has 0 aromatic carbocycles. The number of esters is 1. The minimum absolute atomic E-state index is 0.242. The van der Waals surface area contributed by atoms with E-state index in [0.29, 0.717) is 6.61 Å². The Labute approximate surface area is 78.8 Å². The van der Waals surface area contributed by atoms with Crippen molar-refractivity contribution in [2.24, 2.45) is 0 Å². The third-order valence-corrected chi connectivity index (χ3v) is 1.54. The maximum Gasteiger partial charge on any atom is 0.366 e. The van der Waals surface area contributed by atoms with E-state index in [9.17, 15) is 9.90 Å². The van der Waals surface area contributed by atoms with Crippen LogP contribution >= 0.6 is 0 Å². The zero-order valence-electron chi connectivity index (χ0n) is 8.50. The molecule has 4 heteroatoms. The largest absolute Gasteiger partial charge is 0.462 e. The summed E-state index contributed by atoms with van der Waals surface area (Å²) in [6, 6.07) is 0. The number of ether oxygens (including phenoxy) is 2. The van der Waals surface area contributed by atoms with Gasteiger partial charge in [-0.2, -0.15) is 0 Å². The number of hydrogen-bond acceptors (Lipinski definition) is 4. The lowest BCUT2D eigenvalue weighted by molar-refractivity contribution is -0.221. The molecule has 0 aliphatic rings. The Morgan fingerprint density at radius 1 is 1.46 bits per heavy atom. The van der Waals surface area contributed by atoms with Crippen LogP contribution in [0.4, 0.5) is 0 Å². The van der Waals surface area contributed by atoms with Crippen molar-refractivity contribution in [3.8, 4) is 0 Å².